The first-order valence-corrected chi connectivity index (χ1v) is 11.0. The minimum Gasteiger partial charge on any atom is -0.382 e. The quantitative estimate of drug-likeness (QED) is 0.738. The Labute approximate surface area is 162 Å². The number of hydrogen-bond donors (Lipinski definition) is 1. The number of rotatable bonds is 7. The Morgan fingerprint density at radius 3 is 2.63 bits per heavy atom. The van der Waals surface area contributed by atoms with Crippen LogP contribution in [0.3, 0.4) is 0 Å². The second-order valence-electron chi connectivity index (χ2n) is 6.69. The molecule has 0 radical (unpaired) electrons. The van der Waals surface area contributed by atoms with Gasteiger partial charge in [0.25, 0.3) is 10.0 Å². The molecule has 0 spiro atoms. The number of fused-ring (bicyclic) bond motifs is 2. The maximum absolute atomic E-state index is 13.3. The zero-order valence-electron chi connectivity index (χ0n) is 16.2. The molecular formula is C21H28N2O3S. The molecule has 2 aromatic carbocycles. The van der Waals surface area contributed by atoms with Crippen molar-refractivity contribution in [2.75, 3.05) is 31.1 Å². The van der Waals surface area contributed by atoms with Gasteiger partial charge in [-0.1, -0.05) is 37.3 Å². The van der Waals surface area contributed by atoms with Crippen molar-refractivity contribution in [3.05, 3.63) is 59.2 Å². The number of ether oxygens (including phenoxy) is 1. The van der Waals surface area contributed by atoms with Gasteiger partial charge in [0.1, 0.15) is 0 Å². The van der Waals surface area contributed by atoms with Crippen LogP contribution in [0.1, 0.15) is 43.0 Å². The van der Waals surface area contributed by atoms with Crippen molar-refractivity contribution in [3.8, 4) is 0 Å². The smallest absolute Gasteiger partial charge is 0.264 e. The Hall–Kier alpha value is -1.89. The lowest BCUT2D eigenvalue weighted by Gasteiger charge is -2.22. The molecule has 1 heterocycles. The van der Waals surface area contributed by atoms with Crippen LogP contribution in [0.15, 0.2) is 47.4 Å². The van der Waals surface area contributed by atoms with Crippen molar-refractivity contribution in [2.24, 2.45) is 0 Å². The third-order valence-corrected chi connectivity index (χ3v) is 6.87. The molecule has 1 unspecified atom stereocenters. The molecule has 5 nitrogen and oxygen atoms in total. The van der Waals surface area contributed by atoms with Gasteiger partial charge in [0.15, 0.2) is 0 Å². The molecule has 0 bridgehead atoms. The summed E-state index contributed by atoms with van der Waals surface area (Å²) in [4.78, 5) is 0.392. The number of sulfonamides is 1. The molecule has 0 amide bonds. The van der Waals surface area contributed by atoms with Crippen LogP contribution in [0.25, 0.3) is 0 Å². The summed E-state index contributed by atoms with van der Waals surface area (Å²) < 4.78 is 33.4. The van der Waals surface area contributed by atoms with E-state index in [1.54, 1.807) is 7.05 Å². The first-order valence-electron chi connectivity index (χ1n) is 9.52. The Morgan fingerprint density at radius 1 is 1.11 bits per heavy atom. The minimum absolute atomic E-state index is 0.177. The van der Waals surface area contributed by atoms with Crippen molar-refractivity contribution < 1.29 is 13.2 Å². The van der Waals surface area contributed by atoms with Crippen LogP contribution in [-0.4, -0.2) is 35.2 Å². The van der Waals surface area contributed by atoms with E-state index in [-0.39, 0.29) is 6.04 Å². The van der Waals surface area contributed by atoms with Crippen LogP contribution in [0.5, 0.6) is 0 Å². The van der Waals surface area contributed by atoms with E-state index < -0.39 is 10.0 Å². The molecule has 0 aromatic heterocycles. The van der Waals surface area contributed by atoms with Gasteiger partial charge in [-0.05, 0) is 55.1 Å². The Balaban J connectivity index is 2.08. The third-order valence-electron chi connectivity index (χ3n) is 5.04. The average Bonchev–Trinajstić information content (AvgIpc) is 2.75. The van der Waals surface area contributed by atoms with Gasteiger partial charge in [-0.3, -0.25) is 4.31 Å². The lowest BCUT2D eigenvalue weighted by molar-refractivity contribution is 0.144. The summed E-state index contributed by atoms with van der Waals surface area (Å²) in [6.07, 6.45) is 1.67. The standard InChI is InChI=1S/C21H28N2O3S/c1-4-16-11-12-18-20(15-16)27(24,25)23(3)19-10-7-6-9-17(19)21(18)22-13-8-14-26-5-2/h6-7,9-12,15,21-22H,4-5,8,13-14H2,1-3H3. The van der Waals surface area contributed by atoms with Gasteiger partial charge in [0.2, 0.25) is 0 Å². The van der Waals surface area contributed by atoms with Gasteiger partial charge in [0.05, 0.1) is 16.6 Å². The molecule has 27 heavy (non-hydrogen) atoms. The van der Waals surface area contributed by atoms with E-state index in [1.165, 1.54) is 4.31 Å². The molecule has 146 valence electrons. The number of nitrogens with one attached hydrogen (secondary N) is 1. The van der Waals surface area contributed by atoms with Crippen LogP contribution in [0.2, 0.25) is 0 Å². The molecule has 6 heteroatoms. The molecule has 0 saturated carbocycles. The molecule has 1 aliphatic rings. The highest BCUT2D eigenvalue weighted by atomic mass is 32.2. The van der Waals surface area contributed by atoms with Crippen LogP contribution in [0.4, 0.5) is 5.69 Å². The summed E-state index contributed by atoms with van der Waals surface area (Å²) in [7, 11) is -1.97. The highest BCUT2D eigenvalue weighted by Crippen LogP contribution is 2.40. The second kappa shape index (κ2) is 8.42. The highest BCUT2D eigenvalue weighted by Gasteiger charge is 2.34. The van der Waals surface area contributed by atoms with E-state index in [0.717, 1.165) is 36.1 Å². The largest absolute Gasteiger partial charge is 0.382 e. The van der Waals surface area contributed by atoms with E-state index >= 15 is 0 Å². The minimum atomic E-state index is -3.61. The van der Waals surface area contributed by atoms with Crippen molar-refractivity contribution >= 4 is 15.7 Å². The Morgan fingerprint density at radius 2 is 1.89 bits per heavy atom. The molecule has 3 rings (SSSR count). The SMILES string of the molecule is CCOCCCNC1c2ccccc2N(C)S(=O)(=O)c2cc(CC)ccc21. The van der Waals surface area contributed by atoms with Crippen molar-refractivity contribution in [3.63, 3.8) is 0 Å². The van der Waals surface area contributed by atoms with E-state index in [0.29, 0.717) is 23.8 Å². The fraction of sp³-hybridized carbons (Fsp3) is 0.429. The third kappa shape index (κ3) is 3.88. The lowest BCUT2D eigenvalue weighted by Crippen LogP contribution is -2.26. The molecule has 0 fully saturated rings. The predicted octanol–water partition coefficient (Wildman–Crippen LogP) is 3.49. The van der Waals surface area contributed by atoms with Crippen molar-refractivity contribution in [2.45, 2.75) is 37.6 Å². The highest BCUT2D eigenvalue weighted by molar-refractivity contribution is 7.92. The van der Waals surface area contributed by atoms with Crippen LogP contribution < -0.4 is 9.62 Å². The normalized spacial score (nSPS) is 17.9. The fourth-order valence-electron chi connectivity index (χ4n) is 3.51. The Bertz CT molecular complexity index is 896. The zero-order chi connectivity index (χ0) is 19.4. The molecule has 2 aromatic rings. The van der Waals surface area contributed by atoms with Crippen LogP contribution in [-0.2, 0) is 21.2 Å². The summed E-state index contributed by atoms with van der Waals surface area (Å²) in [6.45, 7) is 6.16. The molecule has 0 saturated heterocycles. The summed E-state index contributed by atoms with van der Waals surface area (Å²) in [5, 5.41) is 3.56. The summed E-state index contributed by atoms with van der Waals surface area (Å²) in [6, 6.07) is 13.3. The first kappa shape index (κ1) is 19.9. The van der Waals surface area contributed by atoms with Gasteiger partial charge in [-0.2, -0.15) is 0 Å². The van der Waals surface area contributed by atoms with Crippen LogP contribution >= 0.6 is 0 Å². The average molecular weight is 389 g/mol. The number of para-hydroxylation sites is 1. The monoisotopic (exact) mass is 388 g/mol. The lowest BCUT2D eigenvalue weighted by atomic mass is 9.95. The molecule has 1 aliphatic heterocycles. The van der Waals surface area contributed by atoms with Crippen molar-refractivity contribution in [1.82, 2.24) is 5.32 Å². The predicted molar refractivity (Wildman–Crippen MR) is 109 cm³/mol. The number of anilines is 1. The van der Waals surface area contributed by atoms with E-state index in [2.05, 4.69) is 5.32 Å². The summed E-state index contributed by atoms with van der Waals surface area (Å²) in [5.41, 5.74) is 3.52. The molecule has 1 atom stereocenters. The van der Waals surface area contributed by atoms with E-state index in [4.69, 9.17) is 4.74 Å². The molecule has 0 aliphatic carbocycles. The van der Waals surface area contributed by atoms with E-state index in [9.17, 15) is 8.42 Å². The van der Waals surface area contributed by atoms with Gasteiger partial charge in [-0.15, -0.1) is 0 Å². The van der Waals surface area contributed by atoms with E-state index in [1.807, 2.05) is 56.3 Å². The summed E-state index contributed by atoms with van der Waals surface area (Å²) in [5.74, 6) is 0. The van der Waals surface area contributed by atoms with Gasteiger partial charge >= 0.3 is 0 Å². The number of benzene rings is 2. The van der Waals surface area contributed by atoms with Gasteiger partial charge in [-0.25, -0.2) is 8.42 Å². The maximum Gasteiger partial charge on any atom is 0.264 e. The van der Waals surface area contributed by atoms with Gasteiger partial charge in [0, 0.05) is 20.3 Å². The maximum atomic E-state index is 13.3. The zero-order valence-corrected chi connectivity index (χ0v) is 17.1. The fourth-order valence-corrected chi connectivity index (χ4v) is 5.01. The summed E-state index contributed by atoms with van der Waals surface area (Å²) >= 11 is 0. The van der Waals surface area contributed by atoms with Gasteiger partial charge < -0.3 is 10.1 Å². The number of nitrogens with zero attached hydrogens (tertiary/aromatic N) is 1. The topological polar surface area (TPSA) is 58.6 Å². The molecular weight excluding hydrogens is 360 g/mol. The second-order valence-corrected chi connectivity index (χ2v) is 8.63. The molecule has 1 N–H and O–H groups in total. The number of aryl methyl sites for hydroxylation is 1. The first-order chi connectivity index (χ1) is 13.0. The van der Waals surface area contributed by atoms with Crippen LogP contribution in [0, 0.1) is 0 Å². The number of hydrogen-bond acceptors (Lipinski definition) is 4. The Kier molecular flexibility index (Phi) is 6.19. The van der Waals surface area contributed by atoms with Crippen molar-refractivity contribution in [1.29, 1.82) is 0 Å².